The highest BCUT2D eigenvalue weighted by Crippen LogP contribution is 2.65. The Morgan fingerprint density at radius 2 is 1.75 bits per heavy atom. The molecule has 0 aromatic rings. The fraction of sp³-hybridized carbons (Fsp3) is 0.857. The van der Waals surface area contributed by atoms with E-state index < -0.39 is 35.2 Å². The van der Waals surface area contributed by atoms with E-state index in [0.29, 0.717) is 13.0 Å². The van der Waals surface area contributed by atoms with Crippen LogP contribution < -0.4 is 5.32 Å². The summed E-state index contributed by atoms with van der Waals surface area (Å²) in [4.78, 5) is 40.0. The first-order valence-corrected chi connectivity index (χ1v) is 10.0. The summed E-state index contributed by atoms with van der Waals surface area (Å²) < 4.78 is 10.4. The molecule has 2 rings (SSSR count). The molecule has 0 bridgehead atoms. The second-order valence-corrected chi connectivity index (χ2v) is 10.3. The van der Waals surface area contributed by atoms with Gasteiger partial charge in [0, 0.05) is 12.5 Å². The van der Waals surface area contributed by atoms with Crippen LogP contribution in [0.2, 0.25) is 0 Å². The van der Waals surface area contributed by atoms with Gasteiger partial charge in [-0.05, 0) is 43.9 Å². The van der Waals surface area contributed by atoms with Gasteiger partial charge in [-0.2, -0.15) is 0 Å². The summed E-state index contributed by atoms with van der Waals surface area (Å²) in [7, 11) is 1.35. The highest BCUT2D eigenvalue weighted by atomic mass is 16.6. The van der Waals surface area contributed by atoms with E-state index in [2.05, 4.69) is 19.2 Å². The number of nitrogens with zero attached hydrogens (tertiary/aromatic N) is 1. The fourth-order valence-electron chi connectivity index (χ4n) is 4.29. The van der Waals surface area contributed by atoms with Gasteiger partial charge in [-0.25, -0.2) is 9.59 Å². The number of esters is 1. The molecule has 1 heterocycles. The first-order chi connectivity index (χ1) is 12.7. The number of hydrogen-bond donors (Lipinski definition) is 1. The van der Waals surface area contributed by atoms with Crippen LogP contribution in [0, 0.1) is 22.7 Å². The minimum absolute atomic E-state index is 0.0179. The number of nitrogens with one attached hydrogen (secondary N) is 1. The van der Waals surface area contributed by atoms with Crippen LogP contribution in [0.15, 0.2) is 0 Å². The maximum absolute atomic E-state index is 13.5. The van der Waals surface area contributed by atoms with Crippen molar-refractivity contribution >= 4 is 18.0 Å². The second-order valence-electron chi connectivity index (χ2n) is 10.3. The lowest BCUT2D eigenvalue weighted by atomic mass is 9.80. The van der Waals surface area contributed by atoms with Crippen LogP contribution in [0.5, 0.6) is 0 Å². The molecule has 2 fully saturated rings. The summed E-state index contributed by atoms with van der Waals surface area (Å²) in [5.41, 5.74) is -1.15. The number of alkyl carbamates (subject to hydrolysis) is 1. The highest BCUT2D eigenvalue weighted by Gasteiger charge is 2.70. The van der Waals surface area contributed by atoms with Crippen LogP contribution in [-0.2, 0) is 19.1 Å². The third-order valence-corrected chi connectivity index (χ3v) is 6.53. The first kappa shape index (κ1) is 22.5. The largest absolute Gasteiger partial charge is 0.467 e. The van der Waals surface area contributed by atoms with Crippen molar-refractivity contribution in [1.82, 2.24) is 10.2 Å². The summed E-state index contributed by atoms with van der Waals surface area (Å²) in [6.45, 7) is 15.9. The van der Waals surface area contributed by atoms with Crippen molar-refractivity contribution in [2.45, 2.75) is 79.5 Å². The van der Waals surface area contributed by atoms with Crippen LogP contribution in [0.1, 0.15) is 61.8 Å². The number of fused-ring (bicyclic) bond motifs is 1. The van der Waals surface area contributed by atoms with Crippen molar-refractivity contribution < 1.29 is 23.9 Å². The van der Waals surface area contributed by atoms with E-state index in [1.54, 1.807) is 25.7 Å². The molecule has 1 N–H and O–H groups in total. The normalized spacial score (nSPS) is 26.9. The number of piperidine rings is 1. The zero-order chi connectivity index (χ0) is 21.7. The standard InChI is InChI=1S/C21H36N2O5/c1-10-20(5,6)15(22-18(26)28-19(2,3)4)16(24)23-11-12-13(21(12,7)8)14(23)17(25)27-9/h12-15H,10-11H2,1-9H3,(H,22,26)/t12?,13?,14-,15+/m0/s1. The van der Waals surface area contributed by atoms with Crippen molar-refractivity contribution in [3.8, 4) is 0 Å². The molecular weight excluding hydrogens is 360 g/mol. The number of hydrogen-bond acceptors (Lipinski definition) is 5. The Morgan fingerprint density at radius 1 is 1.18 bits per heavy atom. The number of carbonyl (C=O) groups is 3. The molecule has 2 aliphatic rings. The predicted molar refractivity (Wildman–Crippen MR) is 106 cm³/mol. The summed E-state index contributed by atoms with van der Waals surface area (Å²) in [6.07, 6.45) is 0.0422. The third kappa shape index (κ3) is 4.13. The van der Waals surface area contributed by atoms with Gasteiger partial charge in [0.15, 0.2) is 0 Å². The average Bonchev–Trinajstić information content (AvgIpc) is 2.94. The van der Waals surface area contributed by atoms with Gasteiger partial charge in [-0.1, -0.05) is 34.6 Å². The molecule has 1 aliphatic carbocycles. The molecule has 2 unspecified atom stereocenters. The van der Waals surface area contributed by atoms with E-state index in [-0.39, 0.29) is 23.2 Å². The molecule has 0 radical (unpaired) electrons. The number of methoxy groups -OCH3 is 1. The summed E-state index contributed by atoms with van der Waals surface area (Å²) >= 11 is 0. The molecule has 0 aromatic heterocycles. The molecule has 4 atom stereocenters. The SMILES string of the molecule is CCC(C)(C)[C@H](NC(=O)OC(C)(C)C)C(=O)N1CC2C([C@H]1C(=O)OC)C2(C)C. The van der Waals surface area contributed by atoms with E-state index in [1.807, 2.05) is 20.8 Å². The third-order valence-electron chi connectivity index (χ3n) is 6.53. The average molecular weight is 397 g/mol. The van der Waals surface area contributed by atoms with Crippen molar-refractivity contribution in [3.05, 3.63) is 0 Å². The van der Waals surface area contributed by atoms with Crippen LogP contribution in [0.4, 0.5) is 4.79 Å². The van der Waals surface area contributed by atoms with Crippen molar-refractivity contribution in [3.63, 3.8) is 0 Å². The van der Waals surface area contributed by atoms with Crippen molar-refractivity contribution in [2.75, 3.05) is 13.7 Å². The molecule has 0 spiro atoms. The molecule has 160 valence electrons. The minimum atomic E-state index is -0.792. The van der Waals surface area contributed by atoms with Gasteiger partial charge in [0.25, 0.3) is 0 Å². The Balaban J connectivity index is 2.27. The summed E-state index contributed by atoms with van der Waals surface area (Å²) in [5, 5.41) is 2.76. The predicted octanol–water partition coefficient (Wildman–Crippen LogP) is 2.97. The fourth-order valence-corrected chi connectivity index (χ4v) is 4.29. The Morgan fingerprint density at radius 3 is 2.21 bits per heavy atom. The molecule has 1 aliphatic heterocycles. The van der Waals surface area contributed by atoms with Crippen LogP contribution in [0.3, 0.4) is 0 Å². The van der Waals surface area contributed by atoms with E-state index >= 15 is 0 Å². The van der Waals surface area contributed by atoms with Gasteiger partial charge >= 0.3 is 12.1 Å². The molecule has 7 nitrogen and oxygen atoms in total. The van der Waals surface area contributed by atoms with Crippen LogP contribution in [-0.4, -0.2) is 54.2 Å². The molecule has 1 saturated heterocycles. The maximum Gasteiger partial charge on any atom is 0.408 e. The maximum atomic E-state index is 13.5. The van der Waals surface area contributed by atoms with Gasteiger partial charge in [0.05, 0.1) is 7.11 Å². The number of ether oxygens (including phenoxy) is 2. The van der Waals surface area contributed by atoms with Gasteiger partial charge in [0.1, 0.15) is 17.7 Å². The molecule has 7 heteroatoms. The number of amides is 2. The summed E-state index contributed by atoms with van der Waals surface area (Å²) in [6, 6.07) is -1.40. The highest BCUT2D eigenvalue weighted by molar-refractivity contribution is 5.91. The van der Waals surface area contributed by atoms with Crippen molar-refractivity contribution in [2.24, 2.45) is 22.7 Å². The Labute approximate surface area is 168 Å². The number of rotatable bonds is 5. The Bertz CT molecular complexity index is 650. The van der Waals surface area contributed by atoms with E-state index in [1.165, 1.54) is 7.11 Å². The Hall–Kier alpha value is -1.79. The Kier molecular flexibility index (Phi) is 5.81. The quantitative estimate of drug-likeness (QED) is 0.722. The lowest BCUT2D eigenvalue weighted by Gasteiger charge is -2.38. The van der Waals surface area contributed by atoms with E-state index in [0.717, 1.165) is 0 Å². The smallest absolute Gasteiger partial charge is 0.408 e. The molecule has 28 heavy (non-hydrogen) atoms. The van der Waals surface area contributed by atoms with Gasteiger partial charge in [-0.15, -0.1) is 0 Å². The zero-order valence-corrected chi connectivity index (χ0v) is 18.7. The zero-order valence-electron chi connectivity index (χ0n) is 18.7. The number of likely N-dealkylation sites (tertiary alicyclic amines) is 1. The van der Waals surface area contributed by atoms with Gasteiger partial charge in [-0.3, -0.25) is 4.79 Å². The summed E-state index contributed by atoms with van der Waals surface area (Å²) in [5.74, 6) is -0.281. The molecule has 0 aromatic carbocycles. The van der Waals surface area contributed by atoms with Crippen molar-refractivity contribution in [1.29, 1.82) is 0 Å². The second kappa shape index (κ2) is 7.23. The first-order valence-electron chi connectivity index (χ1n) is 10.0. The number of carbonyl (C=O) groups excluding carboxylic acids is 3. The lowest BCUT2D eigenvalue weighted by molar-refractivity contribution is -0.154. The van der Waals surface area contributed by atoms with E-state index in [4.69, 9.17) is 9.47 Å². The van der Waals surface area contributed by atoms with Crippen LogP contribution in [0.25, 0.3) is 0 Å². The van der Waals surface area contributed by atoms with E-state index in [9.17, 15) is 14.4 Å². The van der Waals surface area contributed by atoms with Crippen LogP contribution >= 0.6 is 0 Å². The lowest BCUT2D eigenvalue weighted by Crippen LogP contribution is -2.59. The monoisotopic (exact) mass is 396 g/mol. The molecule has 2 amide bonds. The van der Waals surface area contributed by atoms with Gasteiger partial charge in [0.2, 0.25) is 5.91 Å². The van der Waals surface area contributed by atoms with Gasteiger partial charge < -0.3 is 19.7 Å². The topological polar surface area (TPSA) is 84.9 Å². The molecular formula is C21H36N2O5. The molecule has 1 saturated carbocycles. The minimum Gasteiger partial charge on any atom is -0.467 e.